The van der Waals surface area contributed by atoms with E-state index in [1.807, 2.05) is 13.8 Å². The molecule has 0 spiro atoms. The molecule has 0 radical (unpaired) electrons. The zero-order valence-corrected chi connectivity index (χ0v) is 11.3. The molecule has 2 N–H and O–H groups in total. The minimum atomic E-state index is -0.216. The number of amides is 1. The lowest BCUT2D eigenvalue weighted by molar-refractivity contribution is -0.134. The van der Waals surface area contributed by atoms with Crippen LogP contribution in [0.15, 0.2) is 0 Å². The molecular weight excluding hydrogens is 232 g/mol. The Morgan fingerprint density at radius 3 is 2.94 bits per heavy atom. The summed E-state index contributed by atoms with van der Waals surface area (Å²) in [6.07, 6.45) is 2.92. The van der Waals surface area contributed by atoms with Gasteiger partial charge in [0.1, 0.15) is 0 Å². The second kappa shape index (κ2) is 5.55. The number of carbonyl (C=O) groups excluding carboxylic acids is 1. The van der Waals surface area contributed by atoms with Crippen LogP contribution in [0.4, 0.5) is 0 Å². The molecule has 0 aromatic carbocycles. The molecule has 2 heterocycles. The third kappa shape index (κ3) is 3.22. The maximum Gasteiger partial charge on any atom is 0.237 e. The molecular formula is C13H24N2O3. The highest BCUT2D eigenvalue weighted by Crippen LogP contribution is 2.21. The van der Waals surface area contributed by atoms with Crippen LogP contribution in [0.3, 0.4) is 0 Å². The Bertz CT molecular complexity index is 301. The topological polar surface area (TPSA) is 61.8 Å². The normalized spacial score (nSPS) is 32.5. The number of aliphatic hydroxyl groups is 1. The molecule has 18 heavy (non-hydrogen) atoms. The largest absolute Gasteiger partial charge is 0.396 e. The fraction of sp³-hybridized carbons (Fsp3) is 0.923. The number of ether oxygens (including phenoxy) is 1. The Morgan fingerprint density at radius 1 is 1.56 bits per heavy atom. The zero-order chi connectivity index (χ0) is 13.2. The van der Waals surface area contributed by atoms with Crippen LogP contribution in [0, 0.1) is 0 Å². The standard InChI is InChI=1S/C13H24N2O3/c1-13(2)9-15(8-10-4-3-7-18-10)11(5-6-16)12(17)14-13/h10-11,16H,3-9H2,1-2H3,(H,14,17). The van der Waals surface area contributed by atoms with Crippen LogP contribution < -0.4 is 5.32 Å². The first-order valence-electron chi connectivity index (χ1n) is 6.80. The Labute approximate surface area is 108 Å². The average molecular weight is 256 g/mol. The minimum absolute atomic E-state index is 0.0262. The van der Waals surface area contributed by atoms with Gasteiger partial charge >= 0.3 is 0 Å². The van der Waals surface area contributed by atoms with Gasteiger partial charge in [0.15, 0.2) is 0 Å². The van der Waals surface area contributed by atoms with Gasteiger partial charge in [-0.15, -0.1) is 0 Å². The highest BCUT2D eigenvalue weighted by molar-refractivity contribution is 5.83. The summed E-state index contributed by atoms with van der Waals surface area (Å²) in [5, 5.41) is 12.1. The first-order valence-corrected chi connectivity index (χ1v) is 6.80. The molecule has 5 heteroatoms. The van der Waals surface area contributed by atoms with Crippen molar-refractivity contribution in [1.29, 1.82) is 0 Å². The molecule has 2 fully saturated rings. The summed E-state index contributed by atoms with van der Waals surface area (Å²) in [5.41, 5.74) is -0.207. The van der Waals surface area contributed by atoms with Crippen molar-refractivity contribution < 1.29 is 14.6 Å². The van der Waals surface area contributed by atoms with E-state index >= 15 is 0 Å². The van der Waals surface area contributed by atoms with Gasteiger partial charge in [0, 0.05) is 31.8 Å². The molecule has 0 bridgehead atoms. The number of nitrogens with one attached hydrogen (secondary N) is 1. The van der Waals surface area contributed by atoms with E-state index in [2.05, 4.69) is 10.2 Å². The minimum Gasteiger partial charge on any atom is -0.396 e. The number of aliphatic hydroxyl groups excluding tert-OH is 1. The summed E-state index contributed by atoms with van der Waals surface area (Å²) in [7, 11) is 0. The quantitative estimate of drug-likeness (QED) is 0.750. The van der Waals surface area contributed by atoms with Crippen molar-refractivity contribution in [2.24, 2.45) is 0 Å². The van der Waals surface area contributed by atoms with Gasteiger partial charge in [-0.25, -0.2) is 0 Å². The molecule has 104 valence electrons. The van der Waals surface area contributed by atoms with E-state index in [4.69, 9.17) is 9.84 Å². The van der Waals surface area contributed by atoms with Crippen molar-refractivity contribution in [2.75, 3.05) is 26.3 Å². The van der Waals surface area contributed by atoms with Crippen LogP contribution >= 0.6 is 0 Å². The molecule has 2 rings (SSSR count). The molecule has 0 aliphatic carbocycles. The van der Waals surface area contributed by atoms with Crippen LogP contribution in [0.1, 0.15) is 33.1 Å². The molecule has 2 unspecified atom stereocenters. The lowest BCUT2D eigenvalue weighted by Crippen LogP contribution is -2.65. The number of rotatable bonds is 4. The van der Waals surface area contributed by atoms with Crippen molar-refractivity contribution in [1.82, 2.24) is 10.2 Å². The molecule has 0 aromatic heterocycles. The molecule has 0 aromatic rings. The van der Waals surface area contributed by atoms with Crippen LogP contribution in [0.5, 0.6) is 0 Å². The predicted octanol–water partition coefficient (Wildman–Crippen LogP) is 0.127. The lowest BCUT2D eigenvalue weighted by atomic mass is 9.96. The molecule has 0 saturated carbocycles. The maximum absolute atomic E-state index is 12.1. The van der Waals surface area contributed by atoms with Gasteiger partial charge in [-0.05, 0) is 33.1 Å². The Kier molecular flexibility index (Phi) is 4.25. The second-order valence-corrected chi connectivity index (χ2v) is 5.97. The predicted molar refractivity (Wildman–Crippen MR) is 68.3 cm³/mol. The first kappa shape index (κ1) is 13.8. The van der Waals surface area contributed by atoms with Gasteiger partial charge in [-0.3, -0.25) is 9.69 Å². The van der Waals surface area contributed by atoms with E-state index in [1.54, 1.807) is 0 Å². The number of hydrogen-bond acceptors (Lipinski definition) is 4. The summed E-state index contributed by atoms with van der Waals surface area (Å²) >= 11 is 0. The Morgan fingerprint density at radius 2 is 2.33 bits per heavy atom. The summed E-state index contributed by atoms with van der Waals surface area (Å²) in [5.74, 6) is 0.0262. The van der Waals surface area contributed by atoms with Crippen LogP contribution in [0.2, 0.25) is 0 Å². The van der Waals surface area contributed by atoms with Crippen LogP contribution in [-0.2, 0) is 9.53 Å². The van der Waals surface area contributed by atoms with Crippen LogP contribution in [-0.4, -0.2) is 59.9 Å². The monoisotopic (exact) mass is 256 g/mol. The third-order valence-corrected chi connectivity index (χ3v) is 3.67. The maximum atomic E-state index is 12.1. The molecule has 2 aliphatic heterocycles. The van der Waals surface area contributed by atoms with Gasteiger partial charge in [-0.2, -0.15) is 0 Å². The number of nitrogens with zero attached hydrogens (tertiary/aromatic N) is 1. The van der Waals surface area contributed by atoms with E-state index in [0.29, 0.717) is 6.42 Å². The smallest absolute Gasteiger partial charge is 0.237 e. The Balaban J connectivity index is 2.03. The van der Waals surface area contributed by atoms with E-state index < -0.39 is 0 Å². The number of carbonyl (C=O) groups is 1. The summed E-state index contributed by atoms with van der Waals surface area (Å²) in [6.45, 7) is 6.54. The molecule has 2 saturated heterocycles. The fourth-order valence-corrected chi connectivity index (χ4v) is 2.92. The Hall–Kier alpha value is -0.650. The number of piperazine rings is 1. The van der Waals surface area contributed by atoms with Crippen molar-refractivity contribution in [3.8, 4) is 0 Å². The fourth-order valence-electron chi connectivity index (χ4n) is 2.92. The van der Waals surface area contributed by atoms with Gasteiger partial charge in [-0.1, -0.05) is 0 Å². The van der Waals surface area contributed by atoms with Gasteiger partial charge in [0.2, 0.25) is 5.91 Å². The SMILES string of the molecule is CC1(C)CN(CC2CCCO2)C(CCO)C(=O)N1. The zero-order valence-electron chi connectivity index (χ0n) is 11.3. The molecule has 1 amide bonds. The average Bonchev–Trinajstić information content (AvgIpc) is 2.75. The van der Waals surface area contributed by atoms with Gasteiger partial charge < -0.3 is 15.2 Å². The summed E-state index contributed by atoms with van der Waals surface area (Å²) < 4.78 is 5.65. The van der Waals surface area contributed by atoms with Crippen molar-refractivity contribution in [3.05, 3.63) is 0 Å². The lowest BCUT2D eigenvalue weighted by Gasteiger charge is -2.44. The molecule has 2 aliphatic rings. The highest BCUT2D eigenvalue weighted by atomic mass is 16.5. The first-order chi connectivity index (χ1) is 8.52. The van der Waals surface area contributed by atoms with E-state index in [9.17, 15) is 4.79 Å². The molecule has 2 atom stereocenters. The van der Waals surface area contributed by atoms with Crippen LogP contribution in [0.25, 0.3) is 0 Å². The highest BCUT2D eigenvalue weighted by Gasteiger charge is 2.39. The van der Waals surface area contributed by atoms with Gasteiger partial charge in [0.25, 0.3) is 0 Å². The van der Waals surface area contributed by atoms with Crippen molar-refractivity contribution >= 4 is 5.91 Å². The number of hydrogen-bond donors (Lipinski definition) is 2. The van der Waals surface area contributed by atoms with E-state index in [-0.39, 0.29) is 30.2 Å². The summed E-state index contributed by atoms with van der Waals surface area (Å²) in [4.78, 5) is 14.3. The van der Waals surface area contributed by atoms with Gasteiger partial charge in [0.05, 0.1) is 12.1 Å². The van der Waals surface area contributed by atoms with E-state index in [0.717, 1.165) is 32.5 Å². The molecule has 5 nitrogen and oxygen atoms in total. The van der Waals surface area contributed by atoms with Crippen molar-refractivity contribution in [3.63, 3.8) is 0 Å². The second-order valence-electron chi connectivity index (χ2n) is 5.97. The van der Waals surface area contributed by atoms with Crippen molar-refractivity contribution in [2.45, 2.75) is 50.8 Å². The third-order valence-electron chi connectivity index (χ3n) is 3.67. The summed E-state index contributed by atoms with van der Waals surface area (Å²) in [6, 6.07) is -0.216. The van der Waals surface area contributed by atoms with E-state index in [1.165, 1.54) is 0 Å².